The number of likely N-dealkylation sites (tertiary alicyclic amines) is 1. The van der Waals surface area contributed by atoms with Crippen molar-refractivity contribution in [1.29, 1.82) is 0 Å². The fourth-order valence-corrected chi connectivity index (χ4v) is 5.09. The van der Waals surface area contributed by atoms with E-state index in [1.54, 1.807) is 11.3 Å². The van der Waals surface area contributed by atoms with Crippen LogP contribution in [-0.4, -0.2) is 35.9 Å². The maximum Gasteiger partial charge on any atom is 0.282 e. The maximum absolute atomic E-state index is 12.7. The van der Waals surface area contributed by atoms with Gasteiger partial charge in [0, 0.05) is 11.3 Å². The van der Waals surface area contributed by atoms with Crippen LogP contribution in [0, 0.1) is 12.8 Å². The van der Waals surface area contributed by atoms with Crippen LogP contribution in [0.25, 0.3) is 20.8 Å². The first-order valence-corrected chi connectivity index (χ1v) is 11.1. The molecule has 2 aromatic carbocycles. The van der Waals surface area contributed by atoms with Crippen LogP contribution < -0.4 is 16.0 Å². The Morgan fingerprint density at radius 2 is 2.00 bits per heavy atom. The van der Waals surface area contributed by atoms with E-state index in [9.17, 15) is 9.59 Å². The molecule has 0 saturated carbocycles. The van der Waals surface area contributed by atoms with Gasteiger partial charge in [-0.2, -0.15) is 0 Å². The molecule has 6 nitrogen and oxygen atoms in total. The third kappa shape index (κ3) is 4.37. The van der Waals surface area contributed by atoms with Crippen LogP contribution in [0.15, 0.2) is 42.5 Å². The van der Waals surface area contributed by atoms with E-state index in [-0.39, 0.29) is 23.8 Å². The van der Waals surface area contributed by atoms with E-state index in [0.29, 0.717) is 6.54 Å². The smallest absolute Gasteiger partial charge is 0.282 e. The number of benzene rings is 2. The monoisotopic (exact) mass is 423 g/mol. The average molecular weight is 424 g/mol. The zero-order chi connectivity index (χ0) is 21.3. The number of hydrogen-bond donors (Lipinski definition) is 3. The lowest BCUT2D eigenvalue weighted by molar-refractivity contribution is -0.921. The minimum atomic E-state index is -0.264. The molecule has 3 atom stereocenters. The maximum atomic E-state index is 12.7. The molecular weight excluding hydrogens is 396 g/mol. The van der Waals surface area contributed by atoms with Gasteiger partial charge in [0.05, 0.1) is 29.2 Å². The summed E-state index contributed by atoms with van der Waals surface area (Å²) >= 11 is 1.67. The number of aromatic nitrogens is 1. The lowest BCUT2D eigenvalue weighted by atomic mass is 9.96. The first-order chi connectivity index (χ1) is 14.4. The molecule has 0 spiro atoms. The number of carbonyl (C=O) groups is 2. The minimum Gasteiger partial charge on any atom is -0.369 e. The van der Waals surface area contributed by atoms with Crippen molar-refractivity contribution in [3.8, 4) is 10.6 Å². The molecule has 2 amide bonds. The lowest BCUT2D eigenvalue weighted by Crippen LogP contribution is -3.18. The van der Waals surface area contributed by atoms with Crippen molar-refractivity contribution in [2.75, 3.05) is 18.4 Å². The molecule has 1 aliphatic heterocycles. The minimum absolute atomic E-state index is 0.0432. The number of carbonyl (C=O) groups excluding carboxylic acids is 2. The van der Waals surface area contributed by atoms with Crippen molar-refractivity contribution in [3.63, 3.8) is 0 Å². The highest BCUT2D eigenvalue weighted by molar-refractivity contribution is 7.21. The summed E-state index contributed by atoms with van der Waals surface area (Å²) < 4.78 is 1.18. The van der Waals surface area contributed by atoms with Gasteiger partial charge in [-0.15, -0.1) is 11.3 Å². The number of anilines is 1. The molecule has 7 heteroatoms. The molecule has 1 unspecified atom stereocenters. The van der Waals surface area contributed by atoms with E-state index >= 15 is 0 Å². The molecule has 156 valence electrons. The van der Waals surface area contributed by atoms with Crippen molar-refractivity contribution >= 4 is 39.1 Å². The quantitative estimate of drug-likeness (QED) is 0.589. The van der Waals surface area contributed by atoms with E-state index in [2.05, 4.69) is 24.4 Å². The van der Waals surface area contributed by atoms with E-state index in [1.165, 1.54) is 10.3 Å². The third-order valence-electron chi connectivity index (χ3n) is 5.91. The summed E-state index contributed by atoms with van der Waals surface area (Å²) in [6, 6.07) is 13.8. The Bertz CT molecular complexity index is 1080. The van der Waals surface area contributed by atoms with Gasteiger partial charge in [-0.05, 0) is 68.7 Å². The summed E-state index contributed by atoms with van der Waals surface area (Å²) in [4.78, 5) is 30.1. The van der Waals surface area contributed by atoms with E-state index in [4.69, 9.17) is 10.7 Å². The Kier molecular flexibility index (Phi) is 5.83. The normalized spacial score (nSPS) is 20.1. The van der Waals surface area contributed by atoms with E-state index in [0.717, 1.165) is 46.1 Å². The summed E-state index contributed by atoms with van der Waals surface area (Å²) in [6.07, 6.45) is 1.73. The van der Waals surface area contributed by atoms with Crippen molar-refractivity contribution in [1.82, 2.24) is 4.98 Å². The van der Waals surface area contributed by atoms with Crippen molar-refractivity contribution in [2.24, 2.45) is 11.7 Å². The molecule has 0 aliphatic carbocycles. The second-order valence-electron chi connectivity index (χ2n) is 8.13. The second-order valence-corrected chi connectivity index (χ2v) is 9.16. The molecule has 2 heterocycles. The number of nitrogens with zero attached hydrogens (tertiary/aromatic N) is 1. The molecule has 4 rings (SSSR count). The predicted molar refractivity (Wildman–Crippen MR) is 120 cm³/mol. The Labute approximate surface area is 180 Å². The predicted octanol–water partition coefficient (Wildman–Crippen LogP) is 2.38. The van der Waals surface area contributed by atoms with Crippen LogP contribution in [0.1, 0.15) is 25.3 Å². The van der Waals surface area contributed by atoms with Gasteiger partial charge in [0.15, 0.2) is 6.04 Å². The van der Waals surface area contributed by atoms with Crippen molar-refractivity contribution < 1.29 is 14.5 Å². The van der Waals surface area contributed by atoms with Gasteiger partial charge >= 0.3 is 0 Å². The van der Waals surface area contributed by atoms with E-state index in [1.807, 2.05) is 37.3 Å². The fraction of sp³-hybridized carbons (Fsp3) is 0.348. The highest BCUT2D eigenvalue weighted by Gasteiger charge is 2.33. The Balaban J connectivity index is 1.42. The third-order valence-corrected chi connectivity index (χ3v) is 6.98. The number of thiazole rings is 1. The van der Waals surface area contributed by atoms with Crippen LogP contribution in [0.5, 0.6) is 0 Å². The average Bonchev–Trinajstić information content (AvgIpc) is 3.17. The Morgan fingerprint density at radius 1 is 1.23 bits per heavy atom. The second kappa shape index (κ2) is 8.53. The van der Waals surface area contributed by atoms with Crippen LogP contribution in [0.2, 0.25) is 0 Å². The number of quaternary nitrogens is 1. The number of fused-ring (bicyclic) bond motifs is 1. The topological polar surface area (TPSA) is 89.5 Å². The Morgan fingerprint density at radius 3 is 2.73 bits per heavy atom. The van der Waals surface area contributed by atoms with E-state index < -0.39 is 0 Å². The van der Waals surface area contributed by atoms with Crippen molar-refractivity contribution in [3.05, 3.63) is 48.0 Å². The van der Waals surface area contributed by atoms with Gasteiger partial charge in [0.25, 0.3) is 5.91 Å². The lowest BCUT2D eigenvalue weighted by Gasteiger charge is -2.31. The van der Waals surface area contributed by atoms with Crippen LogP contribution in [-0.2, 0) is 9.59 Å². The molecule has 0 bridgehead atoms. The van der Waals surface area contributed by atoms with Crippen LogP contribution in [0.3, 0.4) is 0 Å². The Hall–Kier alpha value is -2.77. The summed E-state index contributed by atoms with van der Waals surface area (Å²) in [5.41, 5.74) is 9.49. The summed E-state index contributed by atoms with van der Waals surface area (Å²) in [5, 5.41) is 3.97. The van der Waals surface area contributed by atoms with Crippen molar-refractivity contribution in [2.45, 2.75) is 32.7 Å². The molecule has 1 aromatic heterocycles. The molecule has 3 aromatic rings. The van der Waals surface area contributed by atoms with Gasteiger partial charge in [0.1, 0.15) is 5.01 Å². The van der Waals surface area contributed by atoms with Gasteiger partial charge in [0.2, 0.25) is 5.91 Å². The number of nitrogens with two attached hydrogens (primary N) is 1. The molecule has 1 saturated heterocycles. The molecule has 0 radical (unpaired) electrons. The molecule has 1 fully saturated rings. The molecular formula is C23H27N4O2S+. The molecule has 1 aliphatic rings. The fourth-order valence-electron chi connectivity index (χ4n) is 4.02. The number of rotatable bonds is 5. The number of nitrogens with one attached hydrogen (secondary N) is 2. The zero-order valence-electron chi connectivity index (χ0n) is 17.3. The highest BCUT2D eigenvalue weighted by Crippen LogP contribution is 2.31. The SMILES string of the molecule is Cc1ccc2nc(-c3ccc(NC(=O)[C@@H](C)[NH+]4CCC[C@H](C(N)=O)C4)cc3)sc2c1. The number of primary amides is 1. The summed E-state index contributed by atoms with van der Waals surface area (Å²) in [5.74, 6) is -0.445. The summed E-state index contributed by atoms with van der Waals surface area (Å²) in [7, 11) is 0. The van der Waals surface area contributed by atoms with Crippen LogP contribution >= 0.6 is 11.3 Å². The highest BCUT2D eigenvalue weighted by atomic mass is 32.1. The zero-order valence-corrected chi connectivity index (χ0v) is 18.1. The first-order valence-electron chi connectivity index (χ1n) is 10.3. The molecule has 4 N–H and O–H groups in total. The first kappa shape index (κ1) is 20.5. The molecule has 30 heavy (non-hydrogen) atoms. The number of piperidine rings is 1. The number of hydrogen-bond acceptors (Lipinski definition) is 4. The number of aryl methyl sites for hydroxylation is 1. The van der Waals surface area contributed by atoms with Gasteiger partial charge in [-0.3, -0.25) is 9.59 Å². The number of amides is 2. The summed E-state index contributed by atoms with van der Waals surface area (Å²) in [6.45, 7) is 5.50. The van der Waals surface area contributed by atoms with Gasteiger partial charge < -0.3 is 16.0 Å². The standard InChI is InChI=1S/C23H26N4O2S/c1-14-5-10-19-20(12-14)30-23(26-19)16-6-8-18(9-7-16)25-22(29)15(2)27-11-3-4-17(13-27)21(24)28/h5-10,12,15,17H,3-4,11,13H2,1-2H3,(H2,24,28)(H,25,29)/p+1/t15-,17+/m1/s1. The van der Waals surface area contributed by atoms with Gasteiger partial charge in [-0.25, -0.2) is 4.98 Å². The largest absolute Gasteiger partial charge is 0.369 e. The van der Waals surface area contributed by atoms with Crippen LogP contribution in [0.4, 0.5) is 5.69 Å². The van der Waals surface area contributed by atoms with Gasteiger partial charge in [-0.1, -0.05) is 6.07 Å².